The summed E-state index contributed by atoms with van der Waals surface area (Å²) in [5.74, 6) is -1.18. The molecule has 3 aromatic rings. The number of rotatable bonds is 6. The van der Waals surface area contributed by atoms with Crippen LogP contribution in [0.3, 0.4) is 0 Å². The van der Waals surface area contributed by atoms with Gasteiger partial charge in [-0.2, -0.15) is 0 Å². The van der Waals surface area contributed by atoms with Crippen LogP contribution in [0.1, 0.15) is 57.9 Å². The first-order chi connectivity index (χ1) is 22.0. The van der Waals surface area contributed by atoms with Crippen LogP contribution in [0.5, 0.6) is 0 Å². The maximum Gasteiger partial charge on any atom is 0.257 e. The van der Waals surface area contributed by atoms with Crippen LogP contribution >= 0.6 is 0 Å². The molecule has 0 saturated carbocycles. The van der Waals surface area contributed by atoms with Crippen molar-refractivity contribution in [3.05, 3.63) is 99.6 Å². The largest absolute Gasteiger partial charge is 0.381 e. The van der Waals surface area contributed by atoms with Gasteiger partial charge in [-0.1, -0.05) is 12.1 Å². The standard InChI is InChI=1S/C33H36F2N4O2/c1-38-8-10-39(11-9-38)29-4-5-30(26(19-29)15-22-6-12-41-13-7-22)33(40)37-32-31-18-23(2-3-25(31)21-36-32)14-24-16-27(34)20-28(35)17-24/h2-5,16-20,22H,6-15,21H2,1H3,(H,36,37,40)/i1D3,4D,19D. The number of amides is 1. The predicted octanol–water partition coefficient (Wildman–Crippen LogP) is 4.97. The van der Waals surface area contributed by atoms with Crippen molar-refractivity contribution < 1.29 is 25.2 Å². The highest BCUT2D eigenvalue weighted by molar-refractivity contribution is 6.14. The van der Waals surface area contributed by atoms with Gasteiger partial charge in [-0.15, -0.1) is 0 Å². The lowest BCUT2D eigenvalue weighted by Gasteiger charge is -2.34. The van der Waals surface area contributed by atoms with E-state index >= 15 is 0 Å². The molecule has 1 N–H and O–H groups in total. The summed E-state index contributed by atoms with van der Waals surface area (Å²) in [7, 11) is 0. The third kappa shape index (κ3) is 6.49. The van der Waals surface area contributed by atoms with Crippen molar-refractivity contribution >= 4 is 17.4 Å². The van der Waals surface area contributed by atoms with Crippen molar-refractivity contribution in [3.8, 4) is 0 Å². The molecular weight excluding hydrogens is 522 g/mol. The smallest absolute Gasteiger partial charge is 0.257 e. The second-order valence-corrected chi connectivity index (χ2v) is 11.0. The Hall–Kier alpha value is -3.62. The van der Waals surface area contributed by atoms with Gasteiger partial charge in [-0.05, 0) is 97.2 Å². The molecule has 0 radical (unpaired) electrons. The van der Waals surface area contributed by atoms with Crippen LogP contribution in [0.15, 0.2) is 59.5 Å². The summed E-state index contributed by atoms with van der Waals surface area (Å²) in [4.78, 5) is 21.8. The Morgan fingerprint density at radius 2 is 1.85 bits per heavy atom. The van der Waals surface area contributed by atoms with Crippen molar-refractivity contribution in [1.82, 2.24) is 10.2 Å². The molecule has 2 saturated heterocycles. The number of hydrogen-bond donors (Lipinski definition) is 1. The highest BCUT2D eigenvalue weighted by Crippen LogP contribution is 2.28. The van der Waals surface area contributed by atoms with Crippen LogP contribution in [0.2, 0.25) is 0 Å². The highest BCUT2D eigenvalue weighted by Gasteiger charge is 2.24. The third-order valence-electron chi connectivity index (χ3n) is 8.02. The number of nitrogens with zero attached hydrogens (tertiary/aromatic N) is 3. The summed E-state index contributed by atoms with van der Waals surface area (Å²) in [5, 5.41) is 2.93. The van der Waals surface area contributed by atoms with Gasteiger partial charge in [0.05, 0.1) is 9.29 Å². The zero-order valence-electron chi connectivity index (χ0n) is 27.8. The molecule has 0 atom stereocenters. The minimum atomic E-state index is -2.20. The first-order valence-electron chi connectivity index (χ1n) is 16.6. The Labute approximate surface area is 247 Å². The molecule has 3 aromatic carbocycles. The molecule has 0 spiro atoms. The number of carbonyl (C=O) groups is 1. The summed E-state index contributed by atoms with van der Waals surface area (Å²) < 4.78 is 74.4. The van der Waals surface area contributed by atoms with E-state index < -0.39 is 24.5 Å². The number of fused-ring (bicyclic) bond motifs is 1. The summed E-state index contributed by atoms with van der Waals surface area (Å²) in [6, 6.07) is 10.7. The number of ether oxygens (including phenoxy) is 1. The number of halogens is 2. The van der Waals surface area contributed by atoms with E-state index in [9.17, 15) is 14.9 Å². The van der Waals surface area contributed by atoms with Crippen molar-refractivity contribution in [3.63, 3.8) is 0 Å². The number of nitrogens with one attached hydrogen (secondary N) is 1. The van der Waals surface area contributed by atoms with Crippen LogP contribution in [-0.4, -0.2) is 63.0 Å². The van der Waals surface area contributed by atoms with E-state index in [1.807, 2.05) is 23.1 Å². The Kier molecular flexibility index (Phi) is 6.50. The van der Waals surface area contributed by atoms with E-state index in [1.165, 1.54) is 23.1 Å². The molecule has 0 aliphatic carbocycles. The van der Waals surface area contributed by atoms with Crippen LogP contribution in [0.25, 0.3) is 0 Å². The molecule has 214 valence electrons. The topological polar surface area (TPSA) is 57.2 Å². The number of aliphatic imine (C=N–C) groups is 1. The van der Waals surface area contributed by atoms with Gasteiger partial charge in [-0.25, -0.2) is 8.78 Å². The number of amidine groups is 1. The SMILES string of the molecule is [2H]c1cc(C(=O)NC2=NCc3ccc(Cc4cc(F)cc(F)c4)cc32)c(CC2CCOCC2)c([2H])c1N1CCN(C([2H])([2H])[2H])CC1. The van der Waals surface area contributed by atoms with E-state index in [-0.39, 0.29) is 36.7 Å². The summed E-state index contributed by atoms with van der Waals surface area (Å²) in [5.41, 5.74) is 4.11. The number of hydrogen-bond acceptors (Lipinski definition) is 5. The molecule has 3 aliphatic heterocycles. The van der Waals surface area contributed by atoms with E-state index in [1.54, 1.807) is 0 Å². The van der Waals surface area contributed by atoms with Gasteiger partial charge in [0, 0.05) is 66.4 Å². The fraction of sp³-hybridized carbons (Fsp3) is 0.394. The first-order valence-corrected chi connectivity index (χ1v) is 14.1. The molecule has 3 heterocycles. The van der Waals surface area contributed by atoms with Crippen LogP contribution in [0.4, 0.5) is 14.5 Å². The lowest BCUT2D eigenvalue weighted by Crippen LogP contribution is -2.44. The van der Waals surface area contributed by atoms with E-state index in [0.29, 0.717) is 68.3 Å². The Morgan fingerprint density at radius 3 is 2.61 bits per heavy atom. The van der Waals surface area contributed by atoms with Gasteiger partial charge in [0.25, 0.3) is 5.91 Å². The van der Waals surface area contributed by atoms with Crippen LogP contribution in [-0.2, 0) is 24.1 Å². The van der Waals surface area contributed by atoms with E-state index in [0.717, 1.165) is 35.6 Å². The Morgan fingerprint density at radius 1 is 1.07 bits per heavy atom. The minimum absolute atomic E-state index is 0.0339. The molecule has 0 bridgehead atoms. The average Bonchev–Trinajstić information content (AvgIpc) is 3.40. The van der Waals surface area contributed by atoms with Gasteiger partial charge < -0.3 is 19.9 Å². The van der Waals surface area contributed by atoms with E-state index in [4.69, 9.17) is 10.2 Å². The van der Waals surface area contributed by atoms with Gasteiger partial charge in [-0.3, -0.25) is 9.79 Å². The Balaban J connectivity index is 1.27. The molecule has 1 amide bonds. The van der Waals surface area contributed by atoms with Crippen molar-refractivity contribution in [2.24, 2.45) is 10.9 Å². The average molecular weight is 564 g/mol. The number of anilines is 1. The predicted molar refractivity (Wildman–Crippen MR) is 157 cm³/mol. The quantitative estimate of drug-likeness (QED) is 0.461. The maximum absolute atomic E-state index is 13.9. The summed E-state index contributed by atoms with van der Waals surface area (Å²) in [6.07, 6.45) is 2.37. The zero-order valence-corrected chi connectivity index (χ0v) is 22.8. The number of piperazine rings is 1. The first kappa shape index (κ1) is 22.0. The van der Waals surface area contributed by atoms with Gasteiger partial charge in [0.15, 0.2) is 0 Å². The van der Waals surface area contributed by atoms with Crippen LogP contribution < -0.4 is 10.2 Å². The fourth-order valence-corrected chi connectivity index (χ4v) is 5.75. The van der Waals surface area contributed by atoms with Gasteiger partial charge in [0.2, 0.25) is 0 Å². The number of carbonyl (C=O) groups excluding carboxylic acids is 1. The fourth-order valence-electron chi connectivity index (χ4n) is 5.75. The normalized spacial score (nSPS) is 19.9. The minimum Gasteiger partial charge on any atom is -0.381 e. The molecule has 3 aliphatic rings. The second-order valence-electron chi connectivity index (χ2n) is 11.0. The molecule has 6 nitrogen and oxygen atoms in total. The monoisotopic (exact) mass is 563 g/mol. The Bertz CT molecular complexity index is 1650. The third-order valence-corrected chi connectivity index (χ3v) is 8.02. The van der Waals surface area contributed by atoms with Crippen molar-refractivity contribution in [2.45, 2.75) is 32.2 Å². The lowest BCUT2D eigenvalue weighted by atomic mass is 9.89. The molecule has 2 fully saturated rings. The number of benzene rings is 3. The lowest BCUT2D eigenvalue weighted by molar-refractivity contribution is 0.0664. The molecule has 8 heteroatoms. The molecular formula is C33H36F2N4O2. The van der Waals surface area contributed by atoms with Gasteiger partial charge >= 0.3 is 0 Å². The van der Waals surface area contributed by atoms with Crippen molar-refractivity contribution in [1.29, 1.82) is 0 Å². The summed E-state index contributed by atoms with van der Waals surface area (Å²) >= 11 is 0. The van der Waals surface area contributed by atoms with E-state index in [2.05, 4.69) is 10.3 Å². The van der Waals surface area contributed by atoms with Crippen molar-refractivity contribution in [2.75, 3.05) is 51.3 Å². The summed E-state index contributed by atoms with van der Waals surface area (Å²) in [6.45, 7) is 0.660. The highest BCUT2D eigenvalue weighted by atomic mass is 19.1. The number of likely N-dealkylation sites (N-methyl/N-ethyl adjacent to an activating group) is 1. The molecule has 6 rings (SSSR count). The van der Waals surface area contributed by atoms with Gasteiger partial charge in [0.1, 0.15) is 17.5 Å². The zero-order chi connectivity index (χ0) is 32.6. The molecule has 0 unspecified atom stereocenters. The second kappa shape index (κ2) is 12.1. The van der Waals surface area contributed by atoms with Crippen LogP contribution in [0, 0.1) is 17.6 Å². The molecule has 41 heavy (non-hydrogen) atoms. The maximum atomic E-state index is 13.9. The molecule has 0 aromatic heterocycles.